The summed E-state index contributed by atoms with van der Waals surface area (Å²) < 4.78 is 42.9. The number of nitrogens with one attached hydrogen (secondary N) is 2. The number of hydrogen-bond acceptors (Lipinski definition) is 4. The number of nitrogens with zero attached hydrogens (tertiary/aromatic N) is 1. The lowest BCUT2D eigenvalue weighted by Gasteiger charge is -2.59. The van der Waals surface area contributed by atoms with Gasteiger partial charge in [-0.2, -0.15) is 8.78 Å². The Hall–Kier alpha value is -2.29. The Morgan fingerprint density at radius 1 is 1.27 bits per heavy atom. The highest BCUT2D eigenvalue weighted by atomic mass is 19.3. The van der Waals surface area contributed by atoms with Crippen LogP contribution in [0.5, 0.6) is 5.75 Å². The van der Waals surface area contributed by atoms with E-state index in [2.05, 4.69) is 20.3 Å². The highest BCUT2D eigenvalue weighted by Gasteiger charge is 2.52. The number of ether oxygens (including phenoxy) is 1. The first-order valence-electron chi connectivity index (χ1n) is 10.0. The van der Waals surface area contributed by atoms with Gasteiger partial charge in [0.25, 0.3) is 5.91 Å². The third-order valence-electron chi connectivity index (χ3n) is 5.42. The van der Waals surface area contributed by atoms with Gasteiger partial charge in [0.05, 0.1) is 12.1 Å². The molecule has 1 aliphatic heterocycles. The molecule has 1 aromatic carbocycles. The second-order valence-corrected chi connectivity index (χ2v) is 9.42. The van der Waals surface area contributed by atoms with Gasteiger partial charge < -0.3 is 15.4 Å². The molecular weight excluding hydrogens is 399 g/mol. The van der Waals surface area contributed by atoms with Crippen LogP contribution in [0.4, 0.5) is 13.2 Å². The normalized spacial score (nSPS) is 18.6. The molecule has 0 atom stereocenters. The van der Waals surface area contributed by atoms with E-state index < -0.39 is 24.1 Å². The predicted octanol–water partition coefficient (Wildman–Crippen LogP) is 2.78. The number of amides is 2. The minimum atomic E-state index is -3.16. The molecule has 3 rings (SSSR count). The van der Waals surface area contributed by atoms with Crippen molar-refractivity contribution in [3.8, 4) is 5.75 Å². The summed E-state index contributed by atoms with van der Waals surface area (Å²) >= 11 is 0. The first-order chi connectivity index (χ1) is 14.0. The van der Waals surface area contributed by atoms with E-state index in [1.807, 2.05) is 20.8 Å². The number of likely N-dealkylation sites (tertiary alicyclic amines) is 1. The fourth-order valence-corrected chi connectivity index (χ4v) is 4.45. The van der Waals surface area contributed by atoms with Crippen LogP contribution in [0.15, 0.2) is 18.2 Å². The van der Waals surface area contributed by atoms with E-state index in [0.717, 1.165) is 32.0 Å². The SMILES string of the molecule is CC(C)(C)NC(=O)CN1CC2(CC(CNC(=O)c3cccc(OC(F)F)c3F)C2)C1. The summed E-state index contributed by atoms with van der Waals surface area (Å²) in [5.74, 6) is -2.10. The van der Waals surface area contributed by atoms with Crippen LogP contribution in [0.25, 0.3) is 0 Å². The Labute approximate surface area is 174 Å². The molecule has 1 heterocycles. The van der Waals surface area contributed by atoms with E-state index in [9.17, 15) is 22.8 Å². The zero-order chi connectivity index (χ0) is 22.1. The van der Waals surface area contributed by atoms with E-state index in [0.29, 0.717) is 13.1 Å². The van der Waals surface area contributed by atoms with Gasteiger partial charge in [-0.25, -0.2) is 4.39 Å². The van der Waals surface area contributed by atoms with Crippen molar-refractivity contribution >= 4 is 11.8 Å². The van der Waals surface area contributed by atoms with Gasteiger partial charge in [0.2, 0.25) is 5.91 Å². The van der Waals surface area contributed by atoms with Gasteiger partial charge in [-0.3, -0.25) is 14.5 Å². The molecule has 0 unspecified atom stereocenters. The second kappa shape index (κ2) is 8.45. The second-order valence-electron chi connectivity index (χ2n) is 9.42. The van der Waals surface area contributed by atoms with Crippen LogP contribution in [-0.4, -0.2) is 55.0 Å². The Morgan fingerprint density at radius 3 is 2.53 bits per heavy atom. The summed E-state index contributed by atoms with van der Waals surface area (Å²) in [5.41, 5.74) is -0.362. The maximum Gasteiger partial charge on any atom is 0.387 e. The van der Waals surface area contributed by atoms with Crippen molar-refractivity contribution in [3.63, 3.8) is 0 Å². The van der Waals surface area contributed by atoms with Crippen molar-refractivity contribution in [2.75, 3.05) is 26.2 Å². The molecule has 1 saturated carbocycles. The van der Waals surface area contributed by atoms with Crippen LogP contribution >= 0.6 is 0 Å². The fourth-order valence-electron chi connectivity index (χ4n) is 4.45. The van der Waals surface area contributed by atoms with Crippen molar-refractivity contribution in [1.29, 1.82) is 0 Å². The maximum absolute atomic E-state index is 14.2. The number of rotatable bonds is 7. The van der Waals surface area contributed by atoms with Gasteiger partial charge in [0.1, 0.15) is 0 Å². The Kier molecular flexibility index (Phi) is 6.31. The third-order valence-corrected chi connectivity index (χ3v) is 5.42. The van der Waals surface area contributed by atoms with Gasteiger partial charge in [-0.15, -0.1) is 0 Å². The molecule has 1 spiro atoms. The number of benzene rings is 1. The van der Waals surface area contributed by atoms with Crippen molar-refractivity contribution < 1.29 is 27.5 Å². The van der Waals surface area contributed by atoms with Crippen LogP contribution < -0.4 is 15.4 Å². The molecule has 9 heteroatoms. The number of carbonyl (C=O) groups is 2. The minimum absolute atomic E-state index is 0.0144. The maximum atomic E-state index is 14.2. The van der Waals surface area contributed by atoms with Crippen LogP contribution in [0.1, 0.15) is 44.0 Å². The van der Waals surface area contributed by atoms with Crippen molar-refractivity contribution in [2.24, 2.45) is 11.3 Å². The third kappa shape index (κ3) is 5.44. The zero-order valence-electron chi connectivity index (χ0n) is 17.4. The predicted molar refractivity (Wildman–Crippen MR) is 105 cm³/mol. The molecule has 166 valence electrons. The molecule has 0 bridgehead atoms. The molecule has 2 N–H and O–H groups in total. The summed E-state index contributed by atoms with van der Waals surface area (Å²) in [7, 11) is 0. The smallest absolute Gasteiger partial charge is 0.387 e. The summed E-state index contributed by atoms with van der Waals surface area (Å²) in [5, 5.41) is 5.63. The molecule has 2 aliphatic rings. The first-order valence-corrected chi connectivity index (χ1v) is 10.0. The molecule has 0 radical (unpaired) electrons. The molecular formula is C21H28F3N3O3. The summed E-state index contributed by atoms with van der Waals surface area (Å²) in [6.45, 7) is 5.17. The van der Waals surface area contributed by atoms with Crippen LogP contribution in [0.3, 0.4) is 0 Å². The van der Waals surface area contributed by atoms with E-state index >= 15 is 0 Å². The quantitative estimate of drug-likeness (QED) is 0.702. The van der Waals surface area contributed by atoms with Crippen molar-refractivity contribution in [3.05, 3.63) is 29.6 Å². The van der Waals surface area contributed by atoms with E-state index in [1.165, 1.54) is 12.1 Å². The monoisotopic (exact) mass is 427 g/mol. The van der Waals surface area contributed by atoms with Gasteiger partial charge >= 0.3 is 6.61 Å². The first kappa shape index (κ1) is 22.4. The van der Waals surface area contributed by atoms with Crippen molar-refractivity contribution in [1.82, 2.24) is 15.5 Å². The molecule has 30 heavy (non-hydrogen) atoms. The lowest BCUT2D eigenvalue weighted by Crippen LogP contribution is -2.64. The van der Waals surface area contributed by atoms with Gasteiger partial charge in [-0.05, 0) is 57.1 Å². The highest BCUT2D eigenvalue weighted by Crippen LogP contribution is 2.51. The van der Waals surface area contributed by atoms with Gasteiger partial charge in [0.15, 0.2) is 11.6 Å². The lowest BCUT2D eigenvalue weighted by atomic mass is 9.57. The van der Waals surface area contributed by atoms with Crippen LogP contribution in [0.2, 0.25) is 0 Å². The topological polar surface area (TPSA) is 70.7 Å². The van der Waals surface area contributed by atoms with Crippen LogP contribution in [0, 0.1) is 17.2 Å². The summed E-state index contributed by atoms with van der Waals surface area (Å²) in [4.78, 5) is 26.3. The summed E-state index contributed by atoms with van der Waals surface area (Å²) in [6.07, 6.45) is 1.86. The largest absolute Gasteiger partial charge is 0.432 e. The molecule has 1 saturated heterocycles. The molecule has 1 aliphatic carbocycles. The molecule has 2 amide bonds. The molecule has 6 nitrogen and oxygen atoms in total. The van der Waals surface area contributed by atoms with Crippen molar-refractivity contribution in [2.45, 2.75) is 45.8 Å². The number of alkyl halides is 2. The van der Waals surface area contributed by atoms with E-state index in [4.69, 9.17) is 0 Å². The zero-order valence-corrected chi connectivity index (χ0v) is 17.4. The summed E-state index contributed by atoms with van der Waals surface area (Å²) in [6, 6.07) is 3.59. The minimum Gasteiger partial charge on any atom is -0.432 e. The Bertz CT molecular complexity index is 796. The molecule has 0 aromatic heterocycles. The fraction of sp³-hybridized carbons (Fsp3) is 0.619. The van der Waals surface area contributed by atoms with Crippen LogP contribution in [-0.2, 0) is 4.79 Å². The molecule has 1 aromatic rings. The van der Waals surface area contributed by atoms with Gasteiger partial charge in [-0.1, -0.05) is 6.07 Å². The standard InChI is InChI=1S/C21H28F3N3O3/c1-20(2,3)26-16(28)10-27-11-21(12-27)7-13(8-21)9-25-18(29)14-5-4-6-15(17(14)22)30-19(23)24/h4-6,13,19H,7-12H2,1-3H3,(H,25,29)(H,26,28). The van der Waals surface area contributed by atoms with Gasteiger partial charge in [0, 0.05) is 25.2 Å². The molecule has 2 fully saturated rings. The number of carbonyl (C=O) groups excluding carboxylic acids is 2. The highest BCUT2D eigenvalue weighted by molar-refractivity contribution is 5.94. The lowest BCUT2D eigenvalue weighted by molar-refractivity contribution is -0.133. The Morgan fingerprint density at radius 2 is 1.93 bits per heavy atom. The number of halogens is 3. The average molecular weight is 427 g/mol. The van der Waals surface area contributed by atoms with E-state index in [-0.39, 0.29) is 28.3 Å². The number of hydrogen-bond donors (Lipinski definition) is 2. The van der Waals surface area contributed by atoms with E-state index in [1.54, 1.807) is 0 Å². The Balaban J connectivity index is 1.40. The average Bonchev–Trinajstić information content (AvgIpc) is 2.54.